The number of nitriles is 1. The fourth-order valence-electron chi connectivity index (χ4n) is 1.67. The van der Waals surface area contributed by atoms with Crippen LogP contribution in [0.5, 0.6) is 0 Å². The molecule has 19 heavy (non-hydrogen) atoms. The summed E-state index contributed by atoms with van der Waals surface area (Å²) in [6.45, 7) is 6.00. The van der Waals surface area contributed by atoms with Crippen molar-refractivity contribution in [3.8, 4) is 6.07 Å². The molecule has 0 aromatic heterocycles. The summed E-state index contributed by atoms with van der Waals surface area (Å²) >= 11 is 0. The predicted octanol–water partition coefficient (Wildman–Crippen LogP) is 4.20. The molecule has 0 heterocycles. The van der Waals surface area contributed by atoms with Crippen molar-refractivity contribution in [2.45, 2.75) is 38.9 Å². The predicted molar refractivity (Wildman–Crippen MR) is 68.9 cm³/mol. The number of hydrogen-bond acceptors (Lipinski definition) is 2. The van der Waals surface area contributed by atoms with Gasteiger partial charge in [-0.1, -0.05) is 6.92 Å². The molecule has 0 aliphatic carbocycles. The van der Waals surface area contributed by atoms with Gasteiger partial charge >= 0.3 is 6.18 Å². The highest BCUT2D eigenvalue weighted by atomic mass is 19.4. The fourth-order valence-corrected chi connectivity index (χ4v) is 1.67. The topological polar surface area (TPSA) is 27.0 Å². The summed E-state index contributed by atoms with van der Waals surface area (Å²) in [5.74, 6) is 0. The third-order valence-corrected chi connectivity index (χ3v) is 3.59. The maximum Gasteiger partial charge on any atom is 0.417 e. The van der Waals surface area contributed by atoms with Crippen molar-refractivity contribution in [1.82, 2.24) is 0 Å². The van der Waals surface area contributed by atoms with Crippen LogP contribution in [0, 0.1) is 11.3 Å². The second kappa shape index (κ2) is 5.12. The Bertz CT molecular complexity index is 498. The lowest BCUT2D eigenvalue weighted by Crippen LogP contribution is -2.40. The zero-order valence-corrected chi connectivity index (χ0v) is 11.5. The van der Waals surface area contributed by atoms with Crippen LogP contribution in [0.25, 0.3) is 0 Å². The molecule has 0 unspecified atom stereocenters. The van der Waals surface area contributed by atoms with E-state index < -0.39 is 11.7 Å². The highest BCUT2D eigenvalue weighted by molar-refractivity contribution is 5.56. The van der Waals surface area contributed by atoms with Gasteiger partial charge in [0.05, 0.1) is 17.2 Å². The van der Waals surface area contributed by atoms with Crippen LogP contribution < -0.4 is 4.90 Å². The average molecular weight is 270 g/mol. The van der Waals surface area contributed by atoms with E-state index in [1.54, 1.807) is 6.07 Å². The Balaban J connectivity index is 3.26. The van der Waals surface area contributed by atoms with Crippen LogP contribution in [0.3, 0.4) is 0 Å². The van der Waals surface area contributed by atoms with E-state index in [2.05, 4.69) is 0 Å². The van der Waals surface area contributed by atoms with Crippen molar-refractivity contribution < 1.29 is 13.2 Å². The molecule has 0 aliphatic rings. The van der Waals surface area contributed by atoms with Gasteiger partial charge in [0.2, 0.25) is 0 Å². The zero-order chi connectivity index (χ0) is 14.8. The van der Waals surface area contributed by atoms with E-state index in [9.17, 15) is 13.2 Å². The Morgan fingerprint density at radius 1 is 1.26 bits per heavy atom. The van der Waals surface area contributed by atoms with E-state index in [0.29, 0.717) is 5.69 Å². The summed E-state index contributed by atoms with van der Waals surface area (Å²) in [5, 5.41) is 8.88. The Morgan fingerprint density at radius 3 is 2.26 bits per heavy atom. The van der Waals surface area contributed by atoms with Gasteiger partial charge in [-0.15, -0.1) is 0 Å². The number of benzene rings is 1. The van der Waals surface area contributed by atoms with E-state index in [-0.39, 0.29) is 11.1 Å². The van der Waals surface area contributed by atoms with E-state index in [0.717, 1.165) is 12.5 Å². The molecule has 0 saturated carbocycles. The van der Waals surface area contributed by atoms with Gasteiger partial charge in [-0.05, 0) is 38.5 Å². The number of halogens is 3. The fraction of sp³-hybridized carbons (Fsp3) is 0.500. The van der Waals surface area contributed by atoms with Gasteiger partial charge in [0, 0.05) is 18.3 Å². The minimum Gasteiger partial charge on any atom is -0.369 e. The molecular weight excluding hydrogens is 253 g/mol. The molecule has 0 saturated heterocycles. The number of nitrogens with zero attached hydrogens (tertiary/aromatic N) is 2. The zero-order valence-electron chi connectivity index (χ0n) is 11.5. The molecule has 0 N–H and O–H groups in total. The first-order chi connectivity index (χ1) is 8.63. The molecule has 1 rings (SSSR count). The van der Waals surface area contributed by atoms with Gasteiger partial charge in [-0.25, -0.2) is 0 Å². The SMILES string of the molecule is CCC(C)(C)N(C)c1ccc(C(F)(F)F)c(C#N)c1. The maximum atomic E-state index is 12.7. The van der Waals surface area contributed by atoms with Crippen LogP contribution in [0.4, 0.5) is 18.9 Å². The molecule has 0 bridgehead atoms. The van der Waals surface area contributed by atoms with Gasteiger partial charge in [0.25, 0.3) is 0 Å². The quantitative estimate of drug-likeness (QED) is 0.823. The molecule has 2 nitrogen and oxygen atoms in total. The van der Waals surface area contributed by atoms with Crippen molar-refractivity contribution >= 4 is 5.69 Å². The largest absolute Gasteiger partial charge is 0.417 e. The molecular formula is C14H17F3N2. The Kier molecular flexibility index (Phi) is 4.14. The van der Waals surface area contributed by atoms with Crippen LogP contribution in [-0.4, -0.2) is 12.6 Å². The van der Waals surface area contributed by atoms with Crippen molar-refractivity contribution in [2.24, 2.45) is 0 Å². The van der Waals surface area contributed by atoms with Crippen molar-refractivity contribution in [2.75, 3.05) is 11.9 Å². The summed E-state index contributed by atoms with van der Waals surface area (Å²) < 4.78 is 38.1. The van der Waals surface area contributed by atoms with Crippen molar-refractivity contribution in [3.05, 3.63) is 29.3 Å². The van der Waals surface area contributed by atoms with Gasteiger partial charge < -0.3 is 4.90 Å². The minimum absolute atomic E-state index is 0.188. The molecule has 104 valence electrons. The first kappa shape index (κ1) is 15.4. The monoisotopic (exact) mass is 270 g/mol. The standard InChI is InChI=1S/C14H17F3N2/c1-5-13(2,3)19(4)11-6-7-12(14(15,16)17)10(8-11)9-18/h6-8H,5H2,1-4H3. The normalized spacial score (nSPS) is 12.1. The van der Waals surface area contributed by atoms with E-state index in [4.69, 9.17) is 5.26 Å². The lowest BCUT2D eigenvalue weighted by molar-refractivity contribution is -0.137. The van der Waals surface area contributed by atoms with Crippen LogP contribution in [0.1, 0.15) is 38.3 Å². The highest BCUT2D eigenvalue weighted by Crippen LogP contribution is 2.34. The summed E-state index contributed by atoms with van der Waals surface area (Å²) in [6.07, 6.45) is -3.66. The molecule has 1 aromatic carbocycles. The van der Waals surface area contributed by atoms with Crippen LogP contribution in [0.15, 0.2) is 18.2 Å². The first-order valence-corrected chi connectivity index (χ1v) is 5.98. The summed E-state index contributed by atoms with van der Waals surface area (Å²) in [4.78, 5) is 1.88. The Hall–Kier alpha value is -1.70. The Morgan fingerprint density at radius 2 is 1.84 bits per heavy atom. The van der Waals surface area contributed by atoms with Gasteiger partial charge in [-0.3, -0.25) is 0 Å². The van der Waals surface area contributed by atoms with Gasteiger partial charge in [-0.2, -0.15) is 18.4 Å². The highest BCUT2D eigenvalue weighted by Gasteiger charge is 2.34. The number of anilines is 1. The average Bonchev–Trinajstić information content (AvgIpc) is 2.35. The van der Waals surface area contributed by atoms with Gasteiger partial charge in [0.15, 0.2) is 0 Å². The molecule has 0 amide bonds. The molecule has 0 radical (unpaired) electrons. The van der Waals surface area contributed by atoms with Crippen molar-refractivity contribution in [3.63, 3.8) is 0 Å². The lowest BCUT2D eigenvalue weighted by Gasteiger charge is -2.37. The van der Waals surface area contributed by atoms with Crippen LogP contribution in [0.2, 0.25) is 0 Å². The molecule has 5 heteroatoms. The number of hydrogen-bond donors (Lipinski definition) is 0. The van der Waals surface area contributed by atoms with E-state index in [1.165, 1.54) is 12.1 Å². The second-order valence-electron chi connectivity index (χ2n) is 5.06. The van der Waals surface area contributed by atoms with E-state index >= 15 is 0 Å². The first-order valence-electron chi connectivity index (χ1n) is 5.98. The Labute approximate surface area is 111 Å². The van der Waals surface area contributed by atoms with Crippen molar-refractivity contribution in [1.29, 1.82) is 5.26 Å². The third-order valence-electron chi connectivity index (χ3n) is 3.59. The smallest absolute Gasteiger partial charge is 0.369 e. The molecule has 0 aliphatic heterocycles. The summed E-state index contributed by atoms with van der Waals surface area (Å²) in [5.41, 5.74) is -0.812. The summed E-state index contributed by atoms with van der Waals surface area (Å²) in [6, 6.07) is 5.28. The maximum absolute atomic E-state index is 12.7. The van der Waals surface area contributed by atoms with Crippen LogP contribution >= 0.6 is 0 Å². The molecule has 0 fully saturated rings. The summed E-state index contributed by atoms with van der Waals surface area (Å²) in [7, 11) is 1.81. The number of alkyl halides is 3. The lowest BCUT2D eigenvalue weighted by atomic mass is 9.98. The molecule has 0 spiro atoms. The minimum atomic E-state index is -4.50. The molecule has 1 aromatic rings. The molecule has 0 atom stereocenters. The van der Waals surface area contributed by atoms with Gasteiger partial charge in [0.1, 0.15) is 0 Å². The second-order valence-corrected chi connectivity index (χ2v) is 5.06. The third kappa shape index (κ3) is 3.19. The number of rotatable bonds is 3. The van der Waals surface area contributed by atoms with Crippen LogP contribution in [-0.2, 0) is 6.18 Å². The van der Waals surface area contributed by atoms with E-state index in [1.807, 2.05) is 32.7 Å².